The molecular formula is C20H21ClN4O2. The van der Waals surface area contributed by atoms with E-state index in [0.29, 0.717) is 18.1 Å². The van der Waals surface area contributed by atoms with E-state index < -0.39 is 0 Å². The van der Waals surface area contributed by atoms with Crippen molar-refractivity contribution >= 4 is 17.5 Å². The molecule has 0 saturated carbocycles. The van der Waals surface area contributed by atoms with Crippen LogP contribution in [0.4, 0.5) is 0 Å². The lowest BCUT2D eigenvalue weighted by molar-refractivity contribution is 0.0902. The minimum atomic E-state index is -0.232. The number of nitrogens with zero attached hydrogens (tertiary/aromatic N) is 3. The number of aryl methyl sites for hydroxylation is 2. The first-order chi connectivity index (χ1) is 13.0. The maximum atomic E-state index is 12.6. The molecule has 27 heavy (non-hydrogen) atoms. The Hall–Kier alpha value is -2.60. The predicted molar refractivity (Wildman–Crippen MR) is 102 cm³/mol. The maximum Gasteiger partial charge on any atom is 0.289 e. The van der Waals surface area contributed by atoms with E-state index in [1.165, 1.54) is 0 Å². The van der Waals surface area contributed by atoms with Crippen LogP contribution in [-0.4, -0.2) is 20.7 Å². The lowest BCUT2D eigenvalue weighted by Crippen LogP contribution is -2.31. The van der Waals surface area contributed by atoms with Crippen LogP contribution in [0.2, 0.25) is 5.02 Å². The molecule has 1 N–H and O–H groups in total. The van der Waals surface area contributed by atoms with Crippen LogP contribution in [0.3, 0.4) is 0 Å². The third-order valence-electron chi connectivity index (χ3n) is 4.96. The van der Waals surface area contributed by atoms with Gasteiger partial charge in [0.25, 0.3) is 5.91 Å². The smallest absolute Gasteiger partial charge is 0.289 e. The zero-order valence-electron chi connectivity index (χ0n) is 15.3. The van der Waals surface area contributed by atoms with Crippen molar-refractivity contribution in [3.63, 3.8) is 0 Å². The van der Waals surface area contributed by atoms with Gasteiger partial charge in [0.2, 0.25) is 5.76 Å². The summed E-state index contributed by atoms with van der Waals surface area (Å²) in [5, 5.41) is 8.37. The van der Waals surface area contributed by atoms with Gasteiger partial charge in [-0.1, -0.05) is 29.8 Å². The molecule has 1 aromatic carbocycles. The highest BCUT2D eigenvalue weighted by molar-refractivity contribution is 6.31. The van der Waals surface area contributed by atoms with Crippen LogP contribution >= 0.6 is 11.6 Å². The minimum absolute atomic E-state index is 0.0777. The normalized spacial score (nSPS) is 16.2. The van der Waals surface area contributed by atoms with Crippen LogP contribution in [0.25, 0.3) is 0 Å². The molecule has 1 unspecified atom stereocenters. The van der Waals surface area contributed by atoms with Gasteiger partial charge in [0, 0.05) is 23.2 Å². The molecule has 0 fully saturated rings. The number of carbonyl (C=O) groups excluding carboxylic acids is 1. The molecule has 7 heteroatoms. The summed E-state index contributed by atoms with van der Waals surface area (Å²) >= 11 is 6.29. The molecule has 0 aliphatic heterocycles. The highest BCUT2D eigenvalue weighted by Crippen LogP contribution is 2.31. The second kappa shape index (κ2) is 7.19. The molecule has 2 aromatic heterocycles. The molecule has 1 amide bonds. The van der Waals surface area contributed by atoms with Crippen molar-refractivity contribution in [2.75, 3.05) is 0 Å². The lowest BCUT2D eigenvalue weighted by atomic mass is 9.92. The highest BCUT2D eigenvalue weighted by atomic mass is 35.5. The molecule has 1 aliphatic rings. The van der Waals surface area contributed by atoms with E-state index in [2.05, 4.69) is 15.4 Å². The van der Waals surface area contributed by atoms with Gasteiger partial charge in [0.05, 0.1) is 24.5 Å². The third-order valence-corrected chi connectivity index (χ3v) is 5.32. The number of oxazole rings is 1. The van der Waals surface area contributed by atoms with Crippen LogP contribution in [0, 0.1) is 13.8 Å². The topological polar surface area (TPSA) is 73.0 Å². The van der Waals surface area contributed by atoms with E-state index >= 15 is 0 Å². The minimum Gasteiger partial charge on any atom is -0.436 e. The summed E-state index contributed by atoms with van der Waals surface area (Å²) in [6, 6.07) is 7.71. The number of carbonyl (C=O) groups is 1. The number of fused-ring (bicyclic) bond motifs is 1. The zero-order chi connectivity index (χ0) is 19.0. The molecule has 0 spiro atoms. The Kier molecular flexibility index (Phi) is 4.74. The van der Waals surface area contributed by atoms with E-state index in [0.717, 1.165) is 41.1 Å². The Labute approximate surface area is 162 Å². The van der Waals surface area contributed by atoms with Gasteiger partial charge in [-0.2, -0.15) is 5.10 Å². The molecule has 1 aliphatic carbocycles. The fourth-order valence-corrected chi connectivity index (χ4v) is 3.85. The van der Waals surface area contributed by atoms with Gasteiger partial charge < -0.3 is 9.73 Å². The van der Waals surface area contributed by atoms with Crippen LogP contribution in [0.5, 0.6) is 0 Å². The fourth-order valence-electron chi connectivity index (χ4n) is 3.66. The first-order valence-electron chi connectivity index (χ1n) is 9.06. The summed E-state index contributed by atoms with van der Waals surface area (Å²) in [5.74, 6) is 0.544. The average Bonchev–Trinajstić information content (AvgIpc) is 3.20. The Morgan fingerprint density at radius 3 is 2.93 bits per heavy atom. The number of rotatable bonds is 4. The molecule has 0 radical (unpaired) electrons. The van der Waals surface area contributed by atoms with E-state index in [4.69, 9.17) is 16.0 Å². The largest absolute Gasteiger partial charge is 0.436 e. The summed E-state index contributed by atoms with van der Waals surface area (Å²) in [6.45, 7) is 4.14. The molecule has 0 bridgehead atoms. The molecule has 3 aromatic rings. The van der Waals surface area contributed by atoms with E-state index in [1.807, 2.05) is 35.1 Å². The first kappa shape index (κ1) is 17.8. The van der Waals surface area contributed by atoms with Gasteiger partial charge in [-0.05, 0) is 37.8 Å². The summed E-state index contributed by atoms with van der Waals surface area (Å²) in [5.41, 5.74) is 3.85. The van der Waals surface area contributed by atoms with E-state index in [1.54, 1.807) is 13.8 Å². The maximum absolute atomic E-state index is 12.6. The van der Waals surface area contributed by atoms with Crippen molar-refractivity contribution in [1.82, 2.24) is 20.1 Å². The summed E-state index contributed by atoms with van der Waals surface area (Å²) in [6.07, 6.45) is 4.66. The number of benzene rings is 1. The number of halogens is 1. The van der Waals surface area contributed by atoms with Crippen LogP contribution in [-0.2, 0) is 13.0 Å². The number of hydrogen-bond donors (Lipinski definition) is 1. The Balaban J connectivity index is 1.56. The van der Waals surface area contributed by atoms with Crippen LogP contribution < -0.4 is 5.32 Å². The Morgan fingerprint density at radius 1 is 1.37 bits per heavy atom. The van der Waals surface area contributed by atoms with Gasteiger partial charge in [-0.3, -0.25) is 9.48 Å². The van der Waals surface area contributed by atoms with E-state index in [-0.39, 0.29) is 17.7 Å². The van der Waals surface area contributed by atoms with Crippen LogP contribution in [0.1, 0.15) is 57.8 Å². The number of aromatic nitrogens is 3. The highest BCUT2D eigenvalue weighted by Gasteiger charge is 2.27. The molecule has 1 atom stereocenters. The van der Waals surface area contributed by atoms with Crippen molar-refractivity contribution in [3.05, 3.63) is 69.7 Å². The van der Waals surface area contributed by atoms with E-state index in [9.17, 15) is 4.79 Å². The molecule has 4 rings (SSSR count). The van der Waals surface area contributed by atoms with Crippen molar-refractivity contribution < 1.29 is 9.21 Å². The predicted octanol–water partition coefficient (Wildman–Crippen LogP) is 4.00. The molecule has 2 heterocycles. The molecule has 140 valence electrons. The number of hydrogen-bond acceptors (Lipinski definition) is 4. The molecule has 0 saturated heterocycles. The van der Waals surface area contributed by atoms with Crippen molar-refractivity contribution in [1.29, 1.82) is 0 Å². The number of nitrogens with one attached hydrogen (secondary N) is 1. The number of amides is 1. The van der Waals surface area contributed by atoms with Crippen molar-refractivity contribution in [2.45, 2.75) is 45.7 Å². The lowest BCUT2D eigenvalue weighted by Gasteiger charge is -2.24. The average molecular weight is 385 g/mol. The van der Waals surface area contributed by atoms with Gasteiger partial charge >= 0.3 is 0 Å². The first-order valence-corrected chi connectivity index (χ1v) is 9.43. The second-order valence-corrected chi connectivity index (χ2v) is 7.27. The van der Waals surface area contributed by atoms with Gasteiger partial charge in [0.15, 0.2) is 5.89 Å². The second-order valence-electron chi connectivity index (χ2n) is 6.86. The van der Waals surface area contributed by atoms with Crippen molar-refractivity contribution in [2.24, 2.45) is 0 Å². The van der Waals surface area contributed by atoms with Crippen molar-refractivity contribution in [3.8, 4) is 0 Å². The molecular weight excluding hydrogens is 364 g/mol. The Morgan fingerprint density at radius 2 is 2.19 bits per heavy atom. The Bertz CT molecular complexity index is 992. The third kappa shape index (κ3) is 3.49. The van der Waals surface area contributed by atoms with Gasteiger partial charge in [-0.15, -0.1) is 0 Å². The fraction of sp³-hybridized carbons (Fsp3) is 0.350. The standard InChI is InChI=1S/C20H21ClN4O2/c1-12-19(27-13(2)23-12)20(26)24-17-8-5-9-18-15(17)10-22-25(18)11-14-6-3-4-7-16(14)21/h3-4,6-7,10,17H,5,8-9,11H2,1-2H3,(H,24,26). The van der Waals surface area contributed by atoms with Gasteiger partial charge in [-0.25, -0.2) is 4.98 Å². The SMILES string of the molecule is Cc1nc(C)c(C(=O)NC2CCCc3c2cnn3Cc2ccccc2Cl)o1. The summed E-state index contributed by atoms with van der Waals surface area (Å²) in [7, 11) is 0. The van der Waals surface area contributed by atoms with Crippen LogP contribution in [0.15, 0.2) is 34.9 Å². The summed E-state index contributed by atoms with van der Waals surface area (Å²) in [4.78, 5) is 16.8. The summed E-state index contributed by atoms with van der Waals surface area (Å²) < 4.78 is 7.43. The molecule has 6 nitrogen and oxygen atoms in total. The zero-order valence-corrected chi connectivity index (χ0v) is 16.1. The van der Waals surface area contributed by atoms with Gasteiger partial charge in [0.1, 0.15) is 0 Å². The monoisotopic (exact) mass is 384 g/mol. The quantitative estimate of drug-likeness (QED) is 0.737.